The third-order valence-corrected chi connectivity index (χ3v) is 6.54. The highest BCUT2D eigenvalue weighted by atomic mass is 19.1. The maximum atomic E-state index is 13.9. The number of methoxy groups -OCH3 is 1. The van der Waals surface area contributed by atoms with E-state index in [2.05, 4.69) is 32.7 Å². The fourth-order valence-corrected chi connectivity index (χ4v) is 4.87. The van der Waals surface area contributed by atoms with E-state index >= 15 is 0 Å². The van der Waals surface area contributed by atoms with Crippen LogP contribution in [0.15, 0.2) is 53.5 Å². The lowest BCUT2D eigenvalue weighted by Crippen LogP contribution is -2.22. The van der Waals surface area contributed by atoms with Crippen molar-refractivity contribution in [2.24, 2.45) is 10.7 Å². The second-order valence-corrected chi connectivity index (χ2v) is 9.41. The molecule has 0 unspecified atom stereocenters. The molecule has 5 rings (SSSR count). The Labute approximate surface area is 207 Å². The van der Waals surface area contributed by atoms with Gasteiger partial charge in [-0.3, -0.25) is 9.79 Å². The van der Waals surface area contributed by atoms with Gasteiger partial charge in [0.05, 0.1) is 25.2 Å². The molecule has 2 aromatic carbocycles. The average Bonchev–Trinajstić information content (AvgIpc) is 3.44. The Morgan fingerprint density at radius 2 is 1.97 bits per heavy atom. The standard InChI is InChI=1S/C28H24FN5O2/c1-28(2,10-11-30)25-24(20-8-9-22(26(31)35)33-27(20)36-3)21-12-16-14-32-15-17(16)13-23(21)34(25)19-6-4-18(29)5-7-19/h4-9,12-13,15H,10,14H2,1-3H3,(H2,31,35). The maximum Gasteiger partial charge on any atom is 0.267 e. The molecular formula is C28H24FN5O2. The summed E-state index contributed by atoms with van der Waals surface area (Å²) >= 11 is 0. The number of aliphatic imine (C=N–C) groups is 1. The molecule has 1 aliphatic rings. The number of hydrogen-bond donors (Lipinski definition) is 1. The van der Waals surface area contributed by atoms with Gasteiger partial charge in [0.2, 0.25) is 5.88 Å². The molecule has 0 spiro atoms. The number of rotatable bonds is 6. The van der Waals surface area contributed by atoms with E-state index in [1.165, 1.54) is 19.2 Å². The van der Waals surface area contributed by atoms with Crippen molar-refractivity contribution in [1.29, 1.82) is 5.26 Å². The highest BCUT2D eigenvalue weighted by Crippen LogP contribution is 2.47. The molecule has 36 heavy (non-hydrogen) atoms. The summed E-state index contributed by atoms with van der Waals surface area (Å²) in [5.74, 6) is -0.752. The summed E-state index contributed by atoms with van der Waals surface area (Å²) in [4.78, 5) is 20.6. The second-order valence-electron chi connectivity index (χ2n) is 9.41. The van der Waals surface area contributed by atoms with Crippen molar-refractivity contribution in [2.75, 3.05) is 7.11 Å². The van der Waals surface area contributed by atoms with Crippen LogP contribution in [0, 0.1) is 17.1 Å². The van der Waals surface area contributed by atoms with Crippen molar-refractivity contribution in [3.8, 4) is 28.8 Å². The van der Waals surface area contributed by atoms with Gasteiger partial charge in [-0.25, -0.2) is 9.37 Å². The number of aromatic nitrogens is 2. The van der Waals surface area contributed by atoms with Crippen LogP contribution in [-0.2, 0) is 12.0 Å². The minimum Gasteiger partial charge on any atom is -0.481 e. The number of nitrogens with two attached hydrogens (primary N) is 1. The minimum atomic E-state index is -0.659. The maximum absolute atomic E-state index is 13.9. The molecule has 1 aliphatic heterocycles. The van der Waals surface area contributed by atoms with Crippen molar-refractivity contribution in [3.05, 3.63) is 76.9 Å². The van der Waals surface area contributed by atoms with Gasteiger partial charge in [0.15, 0.2) is 0 Å². The smallest absolute Gasteiger partial charge is 0.267 e. The van der Waals surface area contributed by atoms with E-state index in [4.69, 9.17) is 10.5 Å². The number of carbonyl (C=O) groups is 1. The monoisotopic (exact) mass is 481 g/mol. The molecule has 4 aromatic rings. The molecule has 0 bridgehead atoms. The number of benzene rings is 2. The Balaban J connectivity index is 1.96. The second kappa shape index (κ2) is 8.61. The zero-order valence-corrected chi connectivity index (χ0v) is 20.2. The van der Waals surface area contributed by atoms with Crippen molar-refractivity contribution in [2.45, 2.75) is 32.2 Å². The number of pyridine rings is 1. The van der Waals surface area contributed by atoms with Gasteiger partial charge in [0, 0.05) is 45.9 Å². The van der Waals surface area contributed by atoms with Crippen molar-refractivity contribution in [3.63, 3.8) is 0 Å². The number of amides is 1. The van der Waals surface area contributed by atoms with Gasteiger partial charge in [0.25, 0.3) is 5.91 Å². The highest BCUT2D eigenvalue weighted by molar-refractivity contribution is 6.04. The predicted molar refractivity (Wildman–Crippen MR) is 136 cm³/mol. The molecule has 0 saturated carbocycles. The van der Waals surface area contributed by atoms with Gasteiger partial charge in [-0.1, -0.05) is 13.8 Å². The van der Waals surface area contributed by atoms with E-state index in [1.807, 2.05) is 20.1 Å². The number of halogens is 1. The summed E-state index contributed by atoms with van der Waals surface area (Å²) in [5, 5.41) is 10.6. The van der Waals surface area contributed by atoms with Crippen LogP contribution in [-0.4, -0.2) is 28.8 Å². The van der Waals surface area contributed by atoms with Gasteiger partial charge >= 0.3 is 0 Å². The van der Waals surface area contributed by atoms with Crippen LogP contribution in [0.2, 0.25) is 0 Å². The molecule has 0 aliphatic carbocycles. The quantitative estimate of drug-likeness (QED) is 0.415. The van der Waals surface area contributed by atoms with E-state index in [1.54, 1.807) is 24.3 Å². The molecule has 180 valence electrons. The molecule has 2 aromatic heterocycles. The fraction of sp³-hybridized carbons (Fsp3) is 0.214. The van der Waals surface area contributed by atoms with Crippen LogP contribution in [0.25, 0.3) is 27.7 Å². The van der Waals surface area contributed by atoms with Gasteiger partial charge in [0.1, 0.15) is 11.5 Å². The van der Waals surface area contributed by atoms with Gasteiger partial charge < -0.3 is 15.0 Å². The topological polar surface area (TPSA) is 106 Å². The molecule has 0 radical (unpaired) electrons. The van der Waals surface area contributed by atoms with Crippen molar-refractivity contribution < 1.29 is 13.9 Å². The van der Waals surface area contributed by atoms with E-state index in [0.29, 0.717) is 12.1 Å². The average molecular weight is 482 g/mol. The summed E-state index contributed by atoms with van der Waals surface area (Å²) in [7, 11) is 1.49. The largest absolute Gasteiger partial charge is 0.481 e. The van der Waals surface area contributed by atoms with Crippen LogP contribution < -0.4 is 10.5 Å². The van der Waals surface area contributed by atoms with Crippen molar-refractivity contribution >= 4 is 23.0 Å². The van der Waals surface area contributed by atoms with E-state index in [-0.39, 0.29) is 23.8 Å². The first-order valence-electron chi connectivity index (χ1n) is 11.4. The third-order valence-electron chi connectivity index (χ3n) is 6.54. The summed E-state index contributed by atoms with van der Waals surface area (Å²) in [6.07, 6.45) is 2.08. The van der Waals surface area contributed by atoms with Crippen LogP contribution in [0.3, 0.4) is 0 Å². The van der Waals surface area contributed by atoms with E-state index < -0.39 is 11.3 Å². The molecule has 0 fully saturated rings. The van der Waals surface area contributed by atoms with Gasteiger partial charge in [-0.15, -0.1) is 0 Å². The number of fused-ring (bicyclic) bond motifs is 2. The van der Waals surface area contributed by atoms with Crippen LogP contribution in [0.5, 0.6) is 5.88 Å². The SMILES string of the molecule is COc1nc(C(N)=O)ccc1-c1c(C(C)(C)CC#N)n(-c2ccc(F)cc2)c2cc3c(cc12)CN=C3. The molecule has 1 amide bonds. The highest BCUT2D eigenvalue weighted by Gasteiger charge is 2.34. The van der Waals surface area contributed by atoms with Gasteiger partial charge in [-0.2, -0.15) is 5.26 Å². The first kappa shape index (κ1) is 23.2. The zero-order valence-electron chi connectivity index (χ0n) is 20.2. The number of primary amides is 1. The summed E-state index contributed by atoms with van der Waals surface area (Å²) < 4.78 is 21.6. The number of hydrogen-bond acceptors (Lipinski definition) is 5. The zero-order chi connectivity index (χ0) is 25.6. The summed E-state index contributed by atoms with van der Waals surface area (Å²) in [6, 6.07) is 16.1. The van der Waals surface area contributed by atoms with Crippen molar-refractivity contribution in [1.82, 2.24) is 9.55 Å². The number of ether oxygens (including phenoxy) is 1. The molecule has 0 saturated heterocycles. The lowest BCUT2D eigenvalue weighted by molar-refractivity contribution is 0.0994. The third kappa shape index (κ3) is 3.69. The van der Waals surface area contributed by atoms with Crippen LogP contribution >= 0.6 is 0 Å². The number of nitrogens with zero attached hydrogens (tertiary/aromatic N) is 4. The van der Waals surface area contributed by atoms with Gasteiger partial charge in [-0.05, 0) is 59.7 Å². The Bertz CT molecular complexity index is 1590. The molecule has 8 heteroatoms. The fourth-order valence-electron chi connectivity index (χ4n) is 4.87. The predicted octanol–water partition coefficient (Wildman–Crippen LogP) is 5.06. The number of carbonyl (C=O) groups excluding carboxylic acids is 1. The Hall–Kier alpha value is -4.51. The Morgan fingerprint density at radius 1 is 1.22 bits per heavy atom. The summed E-state index contributed by atoms with van der Waals surface area (Å²) in [5.41, 5.74) is 11.0. The van der Waals surface area contributed by atoms with Crippen LogP contribution in [0.4, 0.5) is 4.39 Å². The lowest BCUT2D eigenvalue weighted by Gasteiger charge is -2.27. The van der Waals surface area contributed by atoms with Crippen LogP contribution in [0.1, 0.15) is 47.6 Å². The summed E-state index contributed by atoms with van der Waals surface area (Å²) in [6.45, 7) is 4.57. The Kier molecular flexibility index (Phi) is 5.56. The minimum absolute atomic E-state index is 0.0880. The first-order chi connectivity index (χ1) is 17.2. The number of nitriles is 1. The molecule has 0 atom stereocenters. The Morgan fingerprint density at radius 3 is 2.64 bits per heavy atom. The van der Waals surface area contributed by atoms with E-state index in [9.17, 15) is 14.4 Å². The van der Waals surface area contributed by atoms with E-state index in [0.717, 1.165) is 39.0 Å². The molecule has 7 nitrogen and oxygen atoms in total. The normalized spacial score (nSPS) is 12.5. The molecule has 2 N–H and O–H groups in total. The molecular weight excluding hydrogens is 457 g/mol. The lowest BCUT2D eigenvalue weighted by atomic mass is 9.82. The molecule has 3 heterocycles. The first-order valence-corrected chi connectivity index (χ1v) is 11.4.